The van der Waals surface area contributed by atoms with Crippen LogP contribution in [0.2, 0.25) is 0 Å². The fourth-order valence-electron chi connectivity index (χ4n) is 4.03. The van der Waals surface area contributed by atoms with Crippen molar-refractivity contribution < 1.29 is 0 Å². The van der Waals surface area contributed by atoms with Crippen LogP contribution in [0.4, 0.5) is 0 Å². The van der Waals surface area contributed by atoms with E-state index in [1.165, 1.54) is 68.4 Å². The third-order valence-corrected chi connectivity index (χ3v) is 5.73. The summed E-state index contributed by atoms with van der Waals surface area (Å²) < 4.78 is 0. The molecule has 1 N–H and O–H groups in total. The van der Waals surface area contributed by atoms with E-state index >= 15 is 0 Å². The first-order valence-electron chi connectivity index (χ1n) is 9.93. The maximum Gasteiger partial charge on any atom is 0.0435 e. The van der Waals surface area contributed by atoms with Gasteiger partial charge in [-0.1, -0.05) is 37.3 Å². The van der Waals surface area contributed by atoms with Crippen LogP contribution in [0.5, 0.6) is 0 Å². The lowest BCUT2D eigenvalue weighted by atomic mass is 9.88. The molecule has 0 saturated carbocycles. The van der Waals surface area contributed by atoms with Crippen molar-refractivity contribution in [2.45, 2.75) is 58.3 Å². The highest BCUT2D eigenvalue weighted by atomic mass is 14.9. The molecule has 1 atom stereocenters. The number of piperidine rings is 1. The number of nitrogens with one attached hydrogen (secondary N) is 1. The highest BCUT2D eigenvalue weighted by Gasteiger charge is 2.16. The predicted octanol–water partition coefficient (Wildman–Crippen LogP) is 5.06. The minimum absolute atomic E-state index is 0.794. The molecule has 1 saturated heterocycles. The maximum absolute atomic E-state index is 4.41. The van der Waals surface area contributed by atoms with Gasteiger partial charge < -0.3 is 5.32 Å². The molecule has 1 aromatic carbocycles. The minimum Gasteiger partial charge on any atom is -0.317 e. The number of hydrogen-bond donors (Lipinski definition) is 1. The first kappa shape index (κ1) is 18.1. The molecule has 0 bridgehead atoms. The smallest absolute Gasteiger partial charge is 0.0435 e. The van der Waals surface area contributed by atoms with E-state index in [1.807, 2.05) is 6.20 Å². The number of pyridine rings is 1. The van der Waals surface area contributed by atoms with Crippen molar-refractivity contribution >= 4 is 0 Å². The molecule has 2 aromatic rings. The summed E-state index contributed by atoms with van der Waals surface area (Å²) in [5, 5.41) is 3.40. The van der Waals surface area contributed by atoms with E-state index < -0.39 is 0 Å². The quantitative estimate of drug-likeness (QED) is 0.736. The maximum atomic E-state index is 4.41. The number of benzene rings is 1. The Morgan fingerprint density at radius 1 is 0.920 bits per heavy atom. The van der Waals surface area contributed by atoms with Crippen LogP contribution < -0.4 is 5.32 Å². The Labute approximate surface area is 153 Å². The Hall–Kier alpha value is -1.67. The first-order chi connectivity index (χ1) is 12.2. The zero-order valence-electron chi connectivity index (χ0n) is 15.8. The van der Waals surface area contributed by atoms with Gasteiger partial charge >= 0.3 is 0 Å². The Morgan fingerprint density at radius 3 is 2.48 bits per heavy atom. The van der Waals surface area contributed by atoms with E-state index in [9.17, 15) is 0 Å². The lowest BCUT2D eigenvalue weighted by Crippen LogP contribution is -2.26. The molecule has 0 radical (unpaired) electrons. The second kappa shape index (κ2) is 9.15. The summed E-state index contributed by atoms with van der Waals surface area (Å²) in [6.07, 6.45) is 9.55. The summed E-state index contributed by atoms with van der Waals surface area (Å²) in [7, 11) is 0. The van der Waals surface area contributed by atoms with Crippen molar-refractivity contribution in [2.75, 3.05) is 13.1 Å². The van der Waals surface area contributed by atoms with E-state index in [0.29, 0.717) is 0 Å². The number of rotatable bonds is 1. The first-order valence-corrected chi connectivity index (χ1v) is 9.93. The van der Waals surface area contributed by atoms with Crippen molar-refractivity contribution in [3.63, 3.8) is 0 Å². The number of nitrogens with zero attached hydrogens (tertiary/aromatic N) is 1. The molecule has 134 valence electrons. The lowest BCUT2D eigenvalue weighted by Gasteiger charge is -2.24. The van der Waals surface area contributed by atoms with E-state index in [-0.39, 0.29) is 0 Å². The van der Waals surface area contributed by atoms with E-state index in [4.69, 9.17) is 0 Å². The fourth-order valence-corrected chi connectivity index (χ4v) is 4.03. The third kappa shape index (κ3) is 5.15. The summed E-state index contributed by atoms with van der Waals surface area (Å²) in [4.78, 5) is 4.41. The normalized spacial score (nSPS) is 20.8. The molecule has 1 aliphatic carbocycles. The van der Waals surface area contributed by atoms with Crippen LogP contribution in [0, 0.1) is 12.8 Å². The molecule has 1 aliphatic heterocycles. The fraction of sp³-hybridized carbons (Fsp3) is 0.522. The summed E-state index contributed by atoms with van der Waals surface area (Å²) in [5.41, 5.74) is 5.82. The van der Waals surface area contributed by atoms with Crippen LogP contribution in [0.3, 0.4) is 0 Å². The van der Waals surface area contributed by atoms with Gasteiger partial charge in [-0.05, 0) is 93.1 Å². The number of hydrogen-bond acceptors (Lipinski definition) is 2. The van der Waals surface area contributed by atoms with Gasteiger partial charge in [-0.2, -0.15) is 0 Å². The van der Waals surface area contributed by atoms with Crippen molar-refractivity contribution in [1.29, 1.82) is 0 Å². The monoisotopic (exact) mass is 336 g/mol. The lowest BCUT2D eigenvalue weighted by molar-refractivity contribution is 0.459. The Bertz CT molecular complexity index is 632. The van der Waals surface area contributed by atoms with Crippen LogP contribution in [0.15, 0.2) is 42.6 Å². The van der Waals surface area contributed by atoms with Crippen LogP contribution in [-0.2, 0) is 12.8 Å². The summed E-state index contributed by atoms with van der Waals surface area (Å²) in [6, 6.07) is 13.1. The highest BCUT2D eigenvalue weighted by molar-refractivity contribution is 5.29. The van der Waals surface area contributed by atoms with Crippen LogP contribution >= 0.6 is 0 Å². The average Bonchev–Trinajstić information content (AvgIpc) is 2.85. The van der Waals surface area contributed by atoms with Crippen LogP contribution in [0.1, 0.15) is 60.9 Å². The molecule has 1 aromatic heterocycles. The molecule has 25 heavy (non-hydrogen) atoms. The second-order valence-corrected chi connectivity index (χ2v) is 7.67. The summed E-state index contributed by atoms with van der Waals surface area (Å²) in [5.74, 6) is 1.67. The van der Waals surface area contributed by atoms with Gasteiger partial charge in [0, 0.05) is 11.9 Å². The van der Waals surface area contributed by atoms with Gasteiger partial charge in [0.05, 0.1) is 0 Å². The van der Waals surface area contributed by atoms with Crippen LogP contribution in [-0.4, -0.2) is 18.1 Å². The Morgan fingerprint density at radius 2 is 1.68 bits per heavy atom. The van der Waals surface area contributed by atoms with Crippen molar-refractivity contribution in [3.05, 3.63) is 65.0 Å². The molecular formula is C23H32N2. The van der Waals surface area contributed by atoms with Gasteiger partial charge in [-0.15, -0.1) is 0 Å². The van der Waals surface area contributed by atoms with Gasteiger partial charge in [0.25, 0.3) is 0 Å². The van der Waals surface area contributed by atoms with Gasteiger partial charge in [-0.3, -0.25) is 4.98 Å². The Balaban J connectivity index is 0.000000146. The van der Waals surface area contributed by atoms with Gasteiger partial charge in [0.1, 0.15) is 0 Å². The van der Waals surface area contributed by atoms with E-state index in [0.717, 1.165) is 11.8 Å². The largest absolute Gasteiger partial charge is 0.317 e. The standard InChI is InChI=1S/C12H17N.C11H15N/c1-10-4-2-3-5-12(10)11-6-8-13-9-7-11;1-9-4-6-10-3-2-8-12-11(10)7-5-9/h2-5,11,13H,6-9H2,1H3;2-3,8-9H,4-7H2,1H3/t;9-/m.1/s1. The molecule has 2 aliphatic rings. The topological polar surface area (TPSA) is 24.9 Å². The zero-order chi connectivity index (χ0) is 17.5. The second-order valence-electron chi connectivity index (χ2n) is 7.67. The van der Waals surface area contributed by atoms with E-state index in [1.54, 1.807) is 5.56 Å². The number of fused-ring (bicyclic) bond motifs is 1. The molecular weight excluding hydrogens is 304 g/mol. The molecule has 2 heterocycles. The number of aryl methyl sites for hydroxylation is 3. The predicted molar refractivity (Wildman–Crippen MR) is 106 cm³/mol. The molecule has 1 fully saturated rings. The SMILES string of the molecule is C[C@@H]1CCc2cccnc2CC1.Cc1ccccc1C1CCNCC1. The van der Waals surface area contributed by atoms with Gasteiger partial charge in [0.15, 0.2) is 0 Å². The molecule has 2 heteroatoms. The van der Waals surface area contributed by atoms with E-state index in [2.05, 4.69) is 60.5 Å². The molecule has 4 rings (SSSR count). The summed E-state index contributed by atoms with van der Waals surface area (Å²) >= 11 is 0. The van der Waals surface area contributed by atoms with Crippen molar-refractivity contribution in [2.24, 2.45) is 5.92 Å². The van der Waals surface area contributed by atoms with Gasteiger partial charge in [-0.25, -0.2) is 0 Å². The molecule has 2 nitrogen and oxygen atoms in total. The minimum atomic E-state index is 0.794. The Kier molecular flexibility index (Phi) is 6.63. The van der Waals surface area contributed by atoms with Crippen molar-refractivity contribution in [1.82, 2.24) is 10.3 Å². The molecule has 0 spiro atoms. The highest BCUT2D eigenvalue weighted by Crippen LogP contribution is 2.27. The average molecular weight is 337 g/mol. The third-order valence-electron chi connectivity index (χ3n) is 5.73. The zero-order valence-corrected chi connectivity index (χ0v) is 15.8. The summed E-state index contributed by atoms with van der Waals surface area (Å²) in [6.45, 7) is 6.92. The number of aromatic nitrogens is 1. The van der Waals surface area contributed by atoms with Crippen LogP contribution in [0.25, 0.3) is 0 Å². The molecule has 0 unspecified atom stereocenters. The van der Waals surface area contributed by atoms with Gasteiger partial charge in [0.2, 0.25) is 0 Å². The molecule has 0 amide bonds. The van der Waals surface area contributed by atoms with Crippen molar-refractivity contribution in [3.8, 4) is 0 Å².